The van der Waals surface area contributed by atoms with E-state index >= 15 is 0 Å². The predicted octanol–water partition coefficient (Wildman–Crippen LogP) is 2.80. The molecule has 4 heteroatoms. The van der Waals surface area contributed by atoms with E-state index in [9.17, 15) is 4.79 Å². The van der Waals surface area contributed by atoms with Gasteiger partial charge in [0.25, 0.3) is 0 Å². The van der Waals surface area contributed by atoms with Crippen molar-refractivity contribution in [2.45, 2.75) is 72.4 Å². The van der Waals surface area contributed by atoms with Gasteiger partial charge in [-0.2, -0.15) is 0 Å². The summed E-state index contributed by atoms with van der Waals surface area (Å²) in [5.41, 5.74) is 6.54. The number of rotatable bonds is 6. The highest BCUT2D eigenvalue weighted by Crippen LogP contribution is 2.71. The summed E-state index contributed by atoms with van der Waals surface area (Å²) in [6, 6.07) is -0.568. The topological polar surface area (TPSA) is 55.6 Å². The second kappa shape index (κ2) is 5.79. The van der Waals surface area contributed by atoms with Gasteiger partial charge < -0.3 is 10.5 Å². The van der Waals surface area contributed by atoms with Crippen LogP contribution in [0.2, 0.25) is 0 Å². The van der Waals surface area contributed by atoms with Crippen molar-refractivity contribution in [1.82, 2.24) is 4.90 Å². The van der Waals surface area contributed by atoms with Crippen molar-refractivity contribution < 1.29 is 9.53 Å². The van der Waals surface area contributed by atoms with Crippen molar-refractivity contribution >= 4 is 5.97 Å². The van der Waals surface area contributed by atoms with Crippen LogP contribution < -0.4 is 5.73 Å². The Bertz CT molecular complexity index is 433. The van der Waals surface area contributed by atoms with Crippen LogP contribution in [0.1, 0.15) is 60.8 Å². The number of nitrogens with zero attached hydrogens (tertiary/aromatic N) is 1. The number of carbonyl (C=O) groups is 1. The third-order valence-corrected chi connectivity index (χ3v) is 7.33. The van der Waals surface area contributed by atoms with Crippen LogP contribution in [0.5, 0.6) is 0 Å². The standard InChI is InChI=1S/C18H34N2O2/c1-7-20(8-2)18(14(19)15(21)22-9-3)12-13-10-11-17(18,6)16(13,4)5/h13-14H,7-12,19H2,1-6H3/t13-,14-,17-,18+/m0/s1. The second-order valence-corrected chi connectivity index (χ2v) is 7.82. The van der Waals surface area contributed by atoms with Crippen molar-refractivity contribution in [1.29, 1.82) is 0 Å². The van der Waals surface area contributed by atoms with Crippen molar-refractivity contribution in [2.75, 3.05) is 19.7 Å². The van der Waals surface area contributed by atoms with Gasteiger partial charge in [0, 0.05) is 0 Å². The van der Waals surface area contributed by atoms with E-state index in [0.29, 0.717) is 12.5 Å². The van der Waals surface area contributed by atoms with Crippen LogP contribution in [0.3, 0.4) is 0 Å². The lowest BCUT2D eigenvalue weighted by Gasteiger charge is -2.56. The summed E-state index contributed by atoms with van der Waals surface area (Å²) >= 11 is 0. The molecule has 0 aromatic heterocycles. The summed E-state index contributed by atoms with van der Waals surface area (Å²) in [4.78, 5) is 15.0. The fourth-order valence-corrected chi connectivity index (χ4v) is 5.69. The summed E-state index contributed by atoms with van der Waals surface area (Å²) in [5, 5.41) is 0. The SMILES string of the molecule is CCOC(=O)[C@H](N)[C@]1(N(CC)CC)C[C@@H]2CC[C@@]1(C)C2(C)C. The molecule has 0 aromatic rings. The van der Waals surface area contributed by atoms with Crippen LogP contribution in [0.25, 0.3) is 0 Å². The number of hydrogen-bond acceptors (Lipinski definition) is 4. The first-order chi connectivity index (χ1) is 10.2. The average Bonchev–Trinajstić information content (AvgIpc) is 2.80. The third kappa shape index (κ3) is 1.99. The van der Waals surface area contributed by atoms with E-state index in [1.807, 2.05) is 6.92 Å². The molecule has 0 saturated heterocycles. The Morgan fingerprint density at radius 3 is 2.23 bits per heavy atom. The minimum absolute atomic E-state index is 0.0445. The molecule has 4 atom stereocenters. The van der Waals surface area contributed by atoms with Crippen LogP contribution in [-0.2, 0) is 9.53 Å². The molecule has 0 amide bonds. The molecule has 2 aliphatic carbocycles. The number of nitrogens with two attached hydrogens (primary N) is 1. The zero-order valence-electron chi connectivity index (χ0n) is 15.2. The second-order valence-electron chi connectivity index (χ2n) is 7.82. The van der Waals surface area contributed by atoms with Gasteiger partial charge in [-0.1, -0.05) is 34.6 Å². The molecule has 2 aliphatic rings. The van der Waals surface area contributed by atoms with Gasteiger partial charge in [-0.15, -0.1) is 0 Å². The monoisotopic (exact) mass is 310 g/mol. The Labute approximate surface area is 135 Å². The van der Waals surface area contributed by atoms with E-state index in [4.69, 9.17) is 10.5 Å². The summed E-state index contributed by atoms with van der Waals surface area (Å²) in [5.74, 6) is 0.401. The minimum Gasteiger partial charge on any atom is -0.465 e. The van der Waals surface area contributed by atoms with Gasteiger partial charge in [-0.05, 0) is 56.0 Å². The predicted molar refractivity (Wildman–Crippen MR) is 89.5 cm³/mol. The first-order valence-electron chi connectivity index (χ1n) is 8.90. The zero-order valence-corrected chi connectivity index (χ0v) is 15.2. The molecule has 0 radical (unpaired) electrons. The van der Waals surface area contributed by atoms with Crippen LogP contribution in [-0.4, -0.2) is 42.1 Å². The molecule has 0 aliphatic heterocycles. The van der Waals surface area contributed by atoms with Gasteiger partial charge in [0.15, 0.2) is 0 Å². The van der Waals surface area contributed by atoms with Gasteiger partial charge in [0.2, 0.25) is 0 Å². The molecular formula is C18H34N2O2. The first kappa shape index (κ1) is 17.7. The molecule has 0 heterocycles. The summed E-state index contributed by atoms with van der Waals surface area (Å²) < 4.78 is 5.31. The van der Waals surface area contributed by atoms with Gasteiger partial charge in [0.1, 0.15) is 6.04 Å². The fraction of sp³-hybridized carbons (Fsp3) is 0.944. The van der Waals surface area contributed by atoms with Gasteiger partial charge >= 0.3 is 5.97 Å². The molecule has 0 aromatic carbocycles. The number of carbonyl (C=O) groups excluding carboxylic acids is 1. The maximum atomic E-state index is 12.5. The molecule has 2 N–H and O–H groups in total. The van der Waals surface area contributed by atoms with Gasteiger partial charge in [-0.25, -0.2) is 0 Å². The Hall–Kier alpha value is -0.610. The zero-order chi connectivity index (χ0) is 16.8. The van der Waals surface area contributed by atoms with Crippen molar-refractivity contribution in [2.24, 2.45) is 22.5 Å². The number of likely N-dealkylation sites (N-methyl/N-ethyl adjacent to an activating group) is 1. The molecule has 128 valence electrons. The van der Waals surface area contributed by atoms with Crippen LogP contribution in [0, 0.1) is 16.7 Å². The molecule has 2 rings (SSSR count). The number of fused-ring (bicyclic) bond motifs is 2. The third-order valence-electron chi connectivity index (χ3n) is 7.33. The highest BCUT2D eigenvalue weighted by molar-refractivity contribution is 5.78. The minimum atomic E-state index is -0.568. The van der Waals surface area contributed by atoms with Gasteiger partial charge in [0.05, 0.1) is 12.1 Å². The van der Waals surface area contributed by atoms with Crippen LogP contribution in [0.15, 0.2) is 0 Å². The summed E-state index contributed by atoms with van der Waals surface area (Å²) in [6.45, 7) is 15.5. The summed E-state index contributed by atoms with van der Waals surface area (Å²) in [7, 11) is 0. The first-order valence-corrected chi connectivity index (χ1v) is 8.90. The van der Waals surface area contributed by atoms with Crippen molar-refractivity contribution in [3.8, 4) is 0 Å². The molecule has 2 saturated carbocycles. The molecule has 2 bridgehead atoms. The van der Waals surface area contributed by atoms with E-state index in [-0.39, 0.29) is 22.3 Å². The summed E-state index contributed by atoms with van der Waals surface area (Å²) in [6.07, 6.45) is 3.41. The van der Waals surface area contributed by atoms with E-state index in [2.05, 4.69) is 39.5 Å². The molecular weight excluding hydrogens is 276 g/mol. The smallest absolute Gasteiger partial charge is 0.324 e. The maximum Gasteiger partial charge on any atom is 0.324 e. The Morgan fingerprint density at radius 2 is 1.86 bits per heavy atom. The molecule has 0 spiro atoms. The van der Waals surface area contributed by atoms with E-state index in [1.54, 1.807) is 0 Å². The number of ether oxygens (including phenoxy) is 1. The van der Waals surface area contributed by atoms with Crippen LogP contribution >= 0.6 is 0 Å². The van der Waals surface area contributed by atoms with E-state index in [1.165, 1.54) is 6.42 Å². The number of esters is 1. The Kier molecular flexibility index (Phi) is 4.67. The lowest BCUT2D eigenvalue weighted by Crippen LogP contribution is -2.70. The molecule has 22 heavy (non-hydrogen) atoms. The lowest BCUT2D eigenvalue weighted by atomic mass is 9.59. The van der Waals surface area contributed by atoms with E-state index < -0.39 is 6.04 Å². The quantitative estimate of drug-likeness (QED) is 0.767. The largest absolute Gasteiger partial charge is 0.465 e. The highest BCUT2D eigenvalue weighted by Gasteiger charge is 2.72. The Balaban J connectivity index is 2.52. The lowest BCUT2D eigenvalue weighted by molar-refractivity contribution is -0.155. The fourth-order valence-electron chi connectivity index (χ4n) is 5.69. The van der Waals surface area contributed by atoms with Gasteiger partial charge in [-0.3, -0.25) is 9.69 Å². The highest BCUT2D eigenvalue weighted by atomic mass is 16.5. The van der Waals surface area contributed by atoms with Crippen molar-refractivity contribution in [3.05, 3.63) is 0 Å². The van der Waals surface area contributed by atoms with Crippen LogP contribution in [0.4, 0.5) is 0 Å². The van der Waals surface area contributed by atoms with Crippen molar-refractivity contribution in [3.63, 3.8) is 0 Å². The Morgan fingerprint density at radius 1 is 1.27 bits per heavy atom. The molecule has 4 nitrogen and oxygen atoms in total. The number of hydrogen-bond donors (Lipinski definition) is 1. The average molecular weight is 310 g/mol. The molecule has 0 unspecified atom stereocenters. The molecule has 2 fully saturated rings. The normalized spacial score (nSPS) is 37.5. The maximum absolute atomic E-state index is 12.5. The van der Waals surface area contributed by atoms with E-state index in [0.717, 1.165) is 25.9 Å².